The quantitative estimate of drug-likeness (QED) is 0.724. The molecule has 0 fully saturated rings. The van der Waals surface area contributed by atoms with E-state index in [9.17, 15) is 0 Å². The highest BCUT2D eigenvalue weighted by Gasteiger charge is 2.08. The summed E-state index contributed by atoms with van der Waals surface area (Å²) in [6.07, 6.45) is 5.43. The van der Waals surface area contributed by atoms with Crippen molar-refractivity contribution in [3.8, 4) is 17.0 Å². The highest BCUT2D eigenvalue weighted by Crippen LogP contribution is 2.22. The van der Waals surface area contributed by atoms with Crippen LogP contribution >= 0.6 is 11.3 Å². The van der Waals surface area contributed by atoms with E-state index in [0.29, 0.717) is 18.3 Å². The van der Waals surface area contributed by atoms with Gasteiger partial charge in [0, 0.05) is 24.7 Å². The fraction of sp³-hybridized carbons (Fsp3) is 0.333. The lowest BCUT2D eigenvalue weighted by atomic mass is 10.2. The molecule has 3 aromatic heterocycles. The first-order valence-corrected chi connectivity index (χ1v) is 7.83. The molecule has 6 nitrogen and oxygen atoms in total. The van der Waals surface area contributed by atoms with Gasteiger partial charge in [0.05, 0.1) is 18.1 Å². The highest BCUT2D eigenvalue weighted by molar-refractivity contribution is 7.11. The number of aromatic nitrogens is 5. The van der Waals surface area contributed by atoms with Crippen molar-refractivity contribution in [2.75, 3.05) is 0 Å². The van der Waals surface area contributed by atoms with Crippen LogP contribution < -0.4 is 4.74 Å². The molecule has 0 unspecified atom stereocenters. The van der Waals surface area contributed by atoms with Crippen LogP contribution in [-0.2, 0) is 13.7 Å². The number of rotatable bonds is 5. The molecule has 0 saturated carbocycles. The molecule has 3 rings (SSSR count). The number of hydrogen-bond acceptors (Lipinski definition) is 6. The lowest BCUT2D eigenvalue weighted by Gasteiger charge is -2.03. The fourth-order valence-corrected chi connectivity index (χ4v) is 2.65. The summed E-state index contributed by atoms with van der Waals surface area (Å²) in [7, 11) is 1.88. The Kier molecular flexibility index (Phi) is 4.15. The molecule has 0 aliphatic carbocycles. The van der Waals surface area contributed by atoms with Crippen LogP contribution in [0.1, 0.15) is 29.8 Å². The van der Waals surface area contributed by atoms with E-state index >= 15 is 0 Å². The molecule has 0 spiro atoms. The van der Waals surface area contributed by atoms with Gasteiger partial charge in [0.2, 0.25) is 0 Å². The molecular weight excluding hydrogens is 298 g/mol. The van der Waals surface area contributed by atoms with Crippen molar-refractivity contribution in [1.29, 1.82) is 0 Å². The van der Waals surface area contributed by atoms with Crippen molar-refractivity contribution in [1.82, 2.24) is 25.0 Å². The van der Waals surface area contributed by atoms with Gasteiger partial charge in [-0.2, -0.15) is 5.10 Å². The molecule has 0 aliphatic rings. The van der Waals surface area contributed by atoms with Gasteiger partial charge < -0.3 is 4.74 Å². The molecule has 114 valence electrons. The minimum Gasteiger partial charge on any atom is -0.485 e. The van der Waals surface area contributed by atoms with Crippen molar-refractivity contribution in [3.63, 3.8) is 0 Å². The zero-order chi connectivity index (χ0) is 15.5. The van der Waals surface area contributed by atoms with Gasteiger partial charge in [-0.15, -0.1) is 10.2 Å². The number of aryl methyl sites for hydroxylation is 1. The minimum atomic E-state index is 0.395. The second kappa shape index (κ2) is 6.23. The van der Waals surface area contributed by atoms with Crippen molar-refractivity contribution in [3.05, 3.63) is 40.7 Å². The lowest BCUT2D eigenvalue weighted by molar-refractivity contribution is 0.303. The molecule has 3 aromatic rings. The molecule has 0 radical (unpaired) electrons. The van der Waals surface area contributed by atoms with Crippen LogP contribution in [0.3, 0.4) is 0 Å². The van der Waals surface area contributed by atoms with Gasteiger partial charge >= 0.3 is 0 Å². The summed E-state index contributed by atoms with van der Waals surface area (Å²) in [6, 6.07) is 3.83. The smallest absolute Gasteiger partial charge is 0.155 e. The molecule has 0 aromatic carbocycles. The van der Waals surface area contributed by atoms with Crippen LogP contribution in [0.15, 0.2) is 30.7 Å². The van der Waals surface area contributed by atoms with E-state index < -0.39 is 0 Å². The Balaban J connectivity index is 1.63. The first-order valence-electron chi connectivity index (χ1n) is 7.02. The Labute approximate surface area is 132 Å². The number of pyridine rings is 1. The summed E-state index contributed by atoms with van der Waals surface area (Å²) in [5.74, 6) is 1.11. The summed E-state index contributed by atoms with van der Waals surface area (Å²) < 4.78 is 7.46. The van der Waals surface area contributed by atoms with Crippen molar-refractivity contribution in [2.45, 2.75) is 26.4 Å². The Bertz CT molecular complexity index is 747. The number of ether oxygens (including phenoxy) is 1. The first kappa shape index (κ1) is 14.6. The predicted octanol–water partition coefficient (Wildman–Crippen LogP) is 3.04. The molecule has 0 N–H and O–H groups in total. The van der Waals surface area contributed by atoms with Crippen LogP contribution in [0.25, 0.3) is 11.3 Å². The van der Waals surface area contributed by atoms with Gasteiger partial charge in [-0.1, -0.05) is 25.2 Å². The lowest BCUT2D eigenvalue weighted by Crippen LogP contribution is -1.95. The molecule has 0 aliphatic heterocycles. The van der Waals surface area contributed by atoms with Crippen molar-refractivity contribution < 1.29 is 4.74 Å². The monoisotopic (exact) mass is 315 g/mol. The second-order valence-corrected chi connectivity index (χ2v) is 6.35. The van der Waals surface area contributed by atoms with E-state index in [1.807, 2.05) is 25.4 Å². The zero-order valence-electron chi connectivity index (χ0n) is 12.7. The van der Waals surface area contributed by atoms with Crippen molar-refractivity contribution in [2.24, 2.45) is 7.05 Å². The third-order valence-electron chi connectivity index (χ3n) is 3.08. The van der Waals surface area contributed by atoms with Crippen LogP contribution in [-0.4, -0.2) is 25.0 Å². The van der Waals surface area contributed by atoms with E-state index in [0.717, 1.165) is 21.3 Å². The Morgan fingerprint density at radius 1 is 1.23 bits per heavy atom. The first-order chi connectivity index (χ1) is 10.6. The molecule has 22 heavy (non-hydrogen) atoms. The average Bonchev–Trinajstić information content (AvgIpc) is 3.15. The predicted molar refractivity (Wildman–Crippen MR) is 84.8 cm³/mol. The van der Waals surface area contributed by atoms with E-state index in [4.69, 9.17) is 4.74 Å². The standard InChI is InChI=1S/C15H17N5OS/c1-10(2)15-19-18-14(22-15)9-21-12-4-5-13(16-7-12)11-6-17-20(3)8-11/h4-8,10H,9H2,1-3H3. The summed E-state index contributed by atoms with van der Waals surface area (Å²) in [5, 5.41) is 14.3. The largest absolute Gasteiger partial charge is 0.485 e. The summed E-state index contributed by atoms with van der Waals surface area (Å²) in [4.78, 5) is 4.40. The van der Waals surface area contributed by atoms with Gasteiger partial charge in [0.1, 0.15) is 17.4 Å². The Morgan fingerprint density at radius 2 is 2.09 bits per heavy atom. The molecule has 0 amide bonds. The average molecular weight is 315 g/mol. The second-order valence-electron chi connectivity index (χ2n) is 5.26. The van der Waals surface area contributed by atoms with Gasteiger partial charge in [-0.05, 0) is 12.1 Å². The van der Waals surface area contributed by atoms with E-state index in [2.05, 4.69) is 34.1 Å². The Morgan fingerprint density at radius 3 is 2.68 bits per heavy atom. The number of nitrogens with zero attached hydrogens (tertiary/aromatic N) is 5. The molecular formula is C15H17N5OS. The van der Waals surface area contributed by atoms with E-state index in [1.165, 1.54) is 0 Å². The van der Waals surface area contributed by atoms with Gasteiger partial charge in [-0.25, -0.2) is 0 Å². The molecule has 7 heteroatoms. The normalized spacial score (nSPS) is 11.1. The van der Waals surface area contributed by atoms with Crippen LogP contribution in [0, 0.1) is 0 Å². The summed E-state index contributed by atoms with van der Waals surface area (Å²) >= 11 is 1.58. The topological polar surface area (TPSA) is 65.7 Å². The van der Waals surface area contributed by atoms with Crippen LogP contribution in [0.5, 0.6) is 5.75 Å². The SMILES string of the molecule is CC(C)c1nnc(COc2ccc(-c3cnn(C)c3)nc2)s1. The zero-order valence-corrected chi connectivity index (χ0v) is 13.5. The fourth-order valence-electron chi connectivity index (χ4n) is 1.89. The molecule has 0 atom stereocenters. The number of hydrogen-bond donors (Lipinski definition) is 0. The van der Waals surface area contributed by atoms with E-state index in [-0.39, 0.29) is 0 Å². The van der Waals surface area contributed by atoms with Gasteiger partial charge in [0.15, 0.2) is 5.01 Å². The maximum atomic E-state index is 5.71. The summed E-state index contributed by atoms with van der Waals surface area (Å²) in [5.41, 5.74) is 1.86. The maximum absolute atomic E-state index is 5.71. The van der Waals surface area contributed by atoms with Crippen molar-refractivity contribution >= 4 is 11.3 Å². The Hall–Kier alpha value is -2.28. The highest BCUT2D eigenvalue weighted by atomic mass is 32.1. The minimum absolute atomic E-state index is 0.395. The molecule has 0 bridgehead atoms. The van der Waals surface area contributed by atoms with Crippen LogP contribution in [0.4, 0.5) is 0 Å². The third kappa shape index (κ3) is 3.30. The summed E-state index contributed by atoms with van der Waals surface area (Å²) in [6.45, 7) is 4.62. The third-order valence-corrected chi connectivity index (χ3v) is 4.27. The van der Waals surface area contributed by atoms with E-state index in [1.54, 1.807) is 28.4 Å². The van der Waals surface area contributed by atoms with Gasteiger partial charge in [-0.3, -0.25) is 9.67 Å². The molecule has 0 saturated heterocycles. The molecule has 3 heterocycles. The van der Waals surface area contributed by atoms with Crippen LogP contribution in [0.2, 0.25) is 0 Å². The van der Waals surface area contributed by atoms with Gasteiger partial charge in [0.25, 0.3) is 0 Å². The maximum Gasteiger partial charge on any atom is 0.155 e.